The van der Waals surface area contributed by atoms with Gasteiger partial charge in [-0.25, -0.2) is 0 Å². The van der Waals surface area contributed by atoms with E-state index in [-0.39, 0.29) is 5.56 Å². The molecule has 0 fully saturated rings. The highest BCUT2D eigenvalue weighted by Crippen LogP contribution is 2.28. The first-order valence-corrected chi connectivity index (χ1v) is 6.15. The summed E-state index contributed by atoms with van der Waals surface area (Å²) in [5.41, 5.74) is 4.74. The minimum absolute atomic E-state index is 0.0966. The van der Waals surface area contributed by atoms with E-state index >= 15 is 0 Å². The first-order chi connectivity index (χ1) is 8.36. The van der Waals surface area contributed by atoms with Crippen molar-refractivity contribution >= 4 is 0 Å². The highest BCUT2D eigenvalue weighted by Gasteiger charge is 2.16. The van der Waals surface area contributed by atoms with E-state index in [1.54, 1.807) is 0 Å². The summed E-state index contributed by atoms with van der Waals surface area (Å²) in [7, 11) is 0. The Labute approximate surface area is 100 Å². The molecule has 3 rings (SSSR count). The molecule has 0 atom stereocenters. The smallest absolute Gasteiger partial charge is 0.251 e. The molecule has 0 spiro atoms. The Balaban J connectivity index is 2.22. The van der Waals surface area contributed by atoms with Gasteiger partial charge in [0.15, 0.2) is 0 Å². The van der Waals surface area contributed by atoms with Gasteiger partial charge in [-0.05, 0) is 36.8 Å². The monoisotopic (exact) mass is 225 g/mol. The molecule has 17 heavy (non-hydrogen) atoms. The normalized spacial score (nSPS) is 14.4. The maximum atomic E-state index is 11.8. The largest absolute Gasteiger partial charge is 0.328 e. The molecule has 1 N–H and O–H groups in total. The van der Waals surface area contributed by atoms with Crippen LogP contribution in [-0.4, -0.2) is 4.98 Å². The van der Waals surface area contributed by atoms with Crippen molar-refractivity contribution in [2.24, 2.45) is 0 Å². The second-order valence-electron chi connectivity index (χ2n) is 4.56. The molecule has 0 bridgehead atoms. The van der Waals surface area contributed by atoms with Crippen molar-refractivity contribution < 1.29 is 0 Å². The maximum absolute atomic E-state index is 11.8. The molecular weight excluding hydrogens is 210 g/mol. The second kappa shape index (κ2) is 4.21. The Morgan fingerprint density at radius 2 is 1.65 bits per heavy atom. The minimum Gasteiger partial charge on any atom is -0.328 e. The molecule has 0 unspecified atom stereocenters. The van der Waals surface area contributed by atoms with E-state index in [1.807, 2.05) is 24.4 Å². The fraction of sp³-hybridized carbons (Fsp3) is 0.267. The molecule has 0 amide bonds. The number of hydrogen-bond acceptors (Lipinski definition) is 1. The van der Waals surface area contributed by atoms with E-state index in [4.69, 9.17) is 0 Å². The van der Waals surface area contributed by atoms with Crippen LogP contribution in [0, 0.1) is 0 Å². The molecule has 1 aromatic heterocycles. The lowest BCUT2D eigenvalue weighted by Crippen LogP contribution is -2.19. The molecule has 0 aliphatic heterocycles. The molecule has 1 aromatic carbocycles. The lowest BCUT2D eigenvalue weighted by Gasteiger charge is -2.18. The summed E-state index contributed by atoms with van der Waals surface area (Å²) in [5.74, 6) is 0. The number of aromatic nitrogens is 1. The van der Waals surface area contributed by atoms with Crippen molar-refractivity contribution in [2.45, 2.75) is 25.7 Å². The van der Waals surface area contributed by atoms with Gasteiger partial charge in [0.05, 0.1) is 0 Å². The van der Waals surface area contributed by atoms with Gasteiger partial charge in [-0.15, -0.1) is 0 Å². The van der Waals surface area contributed by atoms with Gasteiger partial charge in [-0.3, -0.25) is 4.79 Å². The van der Waals surface area contributed by atoms with Crippen molar-refractivity contribution in [1.29, 1.82) is 0 Å². The van der Waals surface area contributed by atoms with Crippen LogP contribution in [0.15, 0.2) is 41.3 Å². The SMILES string of the molecule is O=c1[nH]cc(-c2ccccc2)c2c1CCCC2. The van der Waals surface area contributed by atoms with Crippen LogP contribution in [0.2, 0.25) is 0 Å². The molecular formula is C15H15NO. The zero-order valence-electron chi connectivity index (χ0n) is 9.70. The van der Waals surface area contributed by atoms with Gasteiger partial charge in [0, 0.05) is 17.3 Å². The molecule has 86 valence electrons. The zero-order valence-corrected chi connectivity index (χ0v) is 9.70. The number of fused-ring (bicyclic) bond motifs is 1. The topological polar surface area (TPSA) is 32.9 Å². The standard InChI is InChI=1S/C15H15NO/c17-15-13-9-5-4-8-12(13)14(10-16-15)11-6-2-1-3-7-11/h1-3,6-7,10H,4-5,8-9H2,(H,16,17). The first-order valence-electron chi connectivity index (χ1n) is 6.15. The van der Waals surface area contributed by atoms with Crippen LogP contribution in [0.4, 0.5) is 0 Å². The molecule has 2 aromatic rings. The van der Waals surface area contributed by atoms with Crippen molar-refractivity contribution in [3.8, 4) is 11.1 Å². The number of H-pyrrole nitrogens is 1. The van der Waals surface area contributed by atoms with Crippen LogP contribution < -0.4 is 5.56 Å². The summed E-state index contributed by atoms with van der Waals surface area (Å²) in [5, 5.41) is 0. The molecule has 1 aliphatic rings. The number of nitrogens with one attached hydrogen (secondary N) is 1. The van der Waals surface area contributed by atoms with E-state index in [0.29, 0.717) is 0 Å². The van der Waals surface area contributed by atoms with E-state index < -0.39 is 0 Å². The Hall–Kier alpha value is -1.83. The molecule has 0 saturated heterocycles. The third-order valence-electron chi connectivity index (χ3n) is 3.50. The number of pyridine rings is 1. The van der Waals surface area contributed by atoms with Gasteiger partial charge in [-0.2, -0.15) is 0 Å². The first kappa shape index (κ1) is 10.3. The highest BCUT2D eigenvalue weighted by molar-refractivity contribution is 5.67. The van der Waals surface area contributed by atoms with E-state index in [1.165, 1.54) is 23.1 Å². The van der Waals surface area contributed by atoms with Gasteiger partial charge in [0.1, 0.15) is 0 Å². The molecule has 1 heterocycles. The summed E-state index contributed by atoms with van der Waals surface area (Å²) in [4.78, 5) is 14.7. The average Bonchev–Trinajstić information content (AvgIpc) is 2.41. The van der Waals surface area contributed by atoms with Crippen LogP contribution in [0.3, 0.4) is 0 Å². The third kappa shape index (κ3) is 1.80. The summed E-state index contributed by atoms with van der Waals surface area (Å²) in [6.45, 7) is 0. The van der Waals surface area contributed by atoms with E-state index in [0.717, 1.165) is 24.8 Å². The Morgan fingerprint density at radius 1 is 0.941 bits per heavy atom. The zero-order chi connectivity index (χ0) is 11.7. The Bertz CT molecular complexity index is 584. The summed E-state index contributed by atoms with van der Waals surface area (Å²) in [6, 6.07) is 10.3. The van der Waals surface area contributed by atoms with Crippen LogP contribution >= 0.6 is 0 Å². The van der Waals surface area contributed by atoms with Gasteiger partial charge >= 0.3 is 0 Å². The predicted octanol–water partition coefficient (Wildman–Crippen LogP) is 2.92. The average molecular weight is 225 g/mol. The number of benzene rings is 1. The van der Waals surface area contributed by atoms with Gasteiger partial charge < -0.3 is 4.98 Å². The van der Waals surface area contributed by atoms with Crippen molar-refractivity contribution in [1.82, 2.24) is 4.98 Å². The van der Waals surface area contributed by atoms with Crippen molar-refractivity contribution in [2.75, 3.05) is 0 Å². The van der Waals surface area contributed by atoms with Crippen molar-refractivity contribution in [3.05, 3.63) is 58.0 Å². The van der Waals surface area contributed by atoms with Crippen LogP contribution in [0.5, 0.6) is 0 Å². The van der Waals surface area contributed by atoms with E-state index in [2.05, 4.69) is 17.1 Å². The van der Waals surface area contributed by atoms with Gasteiger partial charge in [-0.1, -0.05) is 30.3 Å². The van der Waals surface area contributed by atoms with Gasteiger partial charge in [0.25, 0.3) is 5.56 Å². The summed E-state index contributed by atoms with van der Waals surface area (Å²) < 4.78 is 0. The van der Waals surface area contributed by atoms with Crippen LogP contribution in [0.1, 0.15) is 24.0 Å². The third-order valence-corrected chi connectivity index (χ3v) is 3.50. The molecule has 1 aliphatic carbocycles. The Kier molecular flexibility index (Phi) is 2.56. The second-order valence-corrected chi connectivity index (χ2v) is 4.56. The number of hydrogen-bond donors (Lipinski definition) is 1. The van der Waals surface area contributed by atoms with E-state index in [9.17, 15) is 4.79 Å². The maximum Gasteiger partial charge on any atom is 0.251 e. The van der Waals surface area contributed by atoms with Crippen LogP contribution in [0.25, 0.3) is 11.1 Å². The fourth-order valence-corrected chi connectivity index (χ4v) is 2.64. The summed E-state index contributed by atoms with van der Waals surface area (Å²) >= 11 is 0. The Morgan fingerprint density at radius 3 is 2.41 bits per heavy atom. The number of rotatable bonds is 1. The van der Waals surface area contributed by atoms with Crippen molar-refractivity contribution in [3.63, 3.8) is 0 Å². The summed E-state index contributed by atoms with van der Waals surface area (Å²) in [6.07, 6.45) is 6.14. The fourth-order valence-electron chi connectivity index (χ4n) is 2.64. The number of aromatic amines is 1. The molecule has 2 nitrogen and oxygen atoms in total. The minimum atomic E-state index is 0.0966. The predicted molar refractivity (Wildman–Crippen MR) is 69.1 cm³/mol. The highest BCUT2D eigenvalue weighted by atomic mass is 16.1. The lowest BCUT2D eigenvalue weighted by molar-refractivity contribution is 0.678. The molecule has 0 radical (unpaired) electrons. The van der Waals surface area contributed by atoms with Crippen LogP contribution in [-0.2, 0) is 12.8 Å². The quantitative estimate of drug-likeness (QED) is 0.795. The molecule has 2 heteroatoms. The lowest BCUT2D eigenvalue weighted by atomic mass is 9.88. The van der Waals surface area contributed by atoms with Gasteiger partial charge in [0.2, 0.25) is 0 Å². The molecule has 0 saturated carbocycles.